The smallest absolute Gasteiger partial charge is 0.0738 e. The van der Waals surface area contributed by atoms with Gasteiger partial charge in [0.2, 0.25) is 0 Å². The van der Waals surface area contributed by atoms with Crippen molar-refractivity contribution in [2.24, 2.45) is 23.7 Å². The van der Waals surface area contributed by atoms with E-state index in [0.29, 0.717) is 24.2 Å². The third kappa shape index (κ3) is 3.80. The summed E-state index contributed by atoms with van der Waals surface area (Å²) in [6.45, 7) is 0. The van der Waals surface area contributed by atoms with E-state index >= 15 is 0 Å². The molecule has 6 fully saturated rings. The van der Waals surface area contributed by atoms with E-state index in [1.54, 1.807) is 5.56 Å². The molecular weight excluding hydrogens is 524 g/mol. The Balaban J connectivity index is 1.03. The van der Waals surface area contributed by atoms with Gasteiger partial charge >= 0.3 is 0 Å². The van der Waals surface area contributed by atoms with Crippen molar-refractivity contribution in [1.82, 2.24) is 9.47 Å². The molecule has 2 aliphatic heterocycles. The summed E-state index contributed by atoms with van der Waals surface area (Å²) in [6, 6.07) is 29.7. The fraction of sp³-hybridized carbons (Fsp3) is 0.550. The van der Waals surface area contributed by atoms with Gasteiger partial charge in [-0.2, -0.15) is 0 Å². The lowest BCUT2D eigenvalue weighted by Crippen LogP contribution is -2.74. The zero-order valence-corrected chi connectivity index (χ0v) is 25.5. The third-order valence-electron chi connectivity index (χ3n) is 13.5. The Morgan fingerprint density at radius 3 is 2.42 bits per heavy atom. The van der Waals surface area contributed by atoms with Crippen LogP contribution in [0.5, 0.6) is 0 Å². The summed E-state index contributed by atoms with van der Waals surface area (Å²) in [5.41, 5.74) is 5.50. The van der Waals surface area contributed by atoms with Crippen LogP contribution in [0.1, 0.15) is 88.5 Å². The van der Waals surface area contributed by atoms with Crippen LogP contribution in [0.25, 0.3) is 27.5 Å². The molecule has 222 valence electrons. The molecule has 1 aromatic heterocycles. The molecule has 3 heteroatoms. The Bertz CT molecular complexity index is 1660. The van der Waals surface area contributed by atoms with Crippen LogP contribution in [0.2, 0.25) is 0 Å². The molecule has 3 heterocycles. The molecule has 3 aromatic carbocycles. The first-order chi connectivity index (χ1) is 21.3. The van der Waals surface area contributed by atoms with Gasteiger partial charge in [-0.1, -0.05) is 68.1 Å². The topological polar surface area (TPSA) is 17.4 Å². The summed E-state index contributed by atoms with van der Waals surface area (Å²) in [5, 5.41) is 2.81. The summed E-state index contributed by atoms with van der Waals surface area (Å²) >= 11 is 0. The molecule has 43 heavy (non-hydrogen) atoms. The highest BCUT2D eigenvalue weighted by Crippen LogP contribution is 2.60. The maximum absolute atomic E-state index is 7.03. The highest BCUT2D eigenvalue weighted by molar-refractivity contribution is 6.09. The average Bonchev–Trinajstić information content (AvgIpc) is 3.41. The average molecular weight is 571 g/mol. The Morgan fingerprint density at radius 1 is 0.605 bits per heavy atom. The summed E-state index contributed by atoms with van der Waals surface area (Å²) < 4.78 is 9.50. The Morgan fingerprint density at radius 2 is 1.47 bits per heavy atom. The molecule has 2 saturated heterocycles. The van der Waals surface area contributed by atoms with Gasteiger partial charge in [0, 0.05) is 34.6 Å². The lowest BCUT2D eigenvalue weighted by atomic mass is 9.52. The van der Waals surface area contributed by atoms with Crippen LogP contribution in [0.3, 0.4) is 0 Å². The van der Waals surface area contributed by atoms with Crippen molar-refractivity contribution >= 4 is 21.8 Å². The molecule has 4 saturated carbocycles. The Kier molecular flexibility index (Phi) is 5.94. The lowest BCUT2D eigenvalue weighted by molar-refractivity contribution is -0.253. The number of nitrogens with zero attached hydrogens (tertiary/aromatic N) is 2. The highest BCUT2D eigenvalue weighted by atomic mass is 16.5. The molecule has 0 bridgehead atoms. The van der Waals surface area contributed by atoms with E-state index in [4.69, 9.17) is 4.74 Å². The van der Waals surface area contributed by atoms with E-state index in [1.807, 2.05) is 0 Å². The fourth-order valence-electron chi connectivity index (χ4n) is 12.0. The van der Waals surface area contributed by atoms with Gasteiger partial charge in [0.25, 0.3) is 0 Å². The van der Waals surface area contributed by atoms with Crippen molar-refractivity contribution in [3.63, 3.8) is 0 Å². The Labute approximate surface area is 256 Å². The lowest BCUT2D eigenvalue weighted by Gasteiger charge is -2.68. The normalized spacial score (nSPS) is 38.8. The summed E-state index contributed by atoms with van der Waals surface area (Å²) in [7, 11) is 0. The SMILES string of the molecule is c1ccc(-n2c3ccccc3c3cc(C4CCC5C(C4)C4CCCC6CCC7OC8CCCCC8N5C7C64)ccc32)cc1. The molecule has 10 atom stereocenters. The second-order valence-corrected chi connectivity index (χ2v) is 15.2. The van der Waals surface area contributed by atoms with Crippen molar-refractivity contribution in [2.45, 2.75) is 113 Å². The number of hydrogen-bond donors (Lipinski definition) is 0. The van der Waals surface area contributed by atoms with Crippen molar-refractivity contribution in [3.05, 3.63) is 78.4 Å². The molecule has 0 spiro atoms. The van der Waals surface area contributed by atoms with E-state index in [1.165, 1.54) is 105 Å². The van der Waals surface area contributed by atoms with E-state index in [9.17, 15) is 0 Å². The number of aromatic nitrogens is 1. The molecule has 0 amide bonds. The molecule has 6 aliphatic rings. The largest absolute Gasteiger partial charge is 0.372 e. The van der Waals surface area contributed by atoms with Gasteiger partial charge in [0.05, 0.1) is 23.2 Å². The first kappa shape index (κ1) is 25.7. The number of piperidine rings is 1. The van der Waals surface area contributed by atoms with Crippen molar-refractivity contribution < 1.29 is 4.74 Å². The van der Waals surface area contributed by atoms with Crippen molar-refractivity contribution in [3.8, 4) is 5.69 Å². The third-order valence-corrected chi connectivity index (χ3v) is 13.5. The van der Waals surface area contributed by atoms with Gasteiger partial charge in [-0.25, -0.2) is 0 Å². The van der Waals surface area contributed by atoms with Gasteiger partial charge in [0.15, 0.2) is 0 Å². The molecule has 0 N–H and O–H groups in total. The van der Waals surface area contributed by atoms with E-state index in [0.717, 1.165) is 35.8 Å². The van der Waals surface area contributed by atoms with E-state index < -0.39 is 0 Å². The predicted octanol–water partition coefficient (Wildman–Crippen LogP) is 9.26. The molecule has 3 nitrogen and oxygen atoms in total. The van der Waals surface area contributed by atoms with E-state index in [2.05, 4.69) is 82.3 Å². The van der Waals surface area contributed by atoms with Crippen LogP contribution < -0.4 is 0 Å². The zero-order chi connectivity index (χ0) is 28.1. The Hall–Kier alpha value is -2.62. The summed E-state index contributed by atoms with van der Waals surface area (Å²) in [6.07, 6.45) is 17.8. The second-order valence-electron chi connectivity index (χ2n) is 15.2. The van der Waals surface area contributed by atoms with Crippen LogP contribution in [0, 0.1) is 23.7 Å². The minimum Gasteiger partial charge on any atom is -0.372 e. The number of morpholine rings is 1. The summed E-state index contributed by atoms with van der Waals surface area (Å²) in [5.74, 6) is 4.31. The van der Waals surface area contributed by atoms with Crippen molar-refractivity contribution in [1.29, 1.82) is 0 Å². The predicted molar refractivity (Wildman–Crippen MR) is 175 cm³/mol. The van der Waals surface area contributed by atoms with Crippen LogP contribution in [-0.2, 0) is 4.74 Å². The standard InChI is InChI=1S/C40H46N2O/c1-2-10-28(11-3-1)41-33-14-5-4-12-29(33)31-23-26(17-20-34(31)41)27-18-21-35-32(24-27)30-13-8-9-25-19-22-38-40(39(25)30)42(35)36-15-6-7-16-37(36)43-38/h1-5,10-12,14,17,20,23,25,27,30,32,35-40H,6-9,13,15-16,18-19,21-22,24H2. The molecule has 0 radical (unpaired) electrons. The van der Waals surface area contributed by atoms with Gasteiger partial charge in [-0.3, -0.25) is 4.90 Å². The molecule has 10 rings (SSSR count). The molecular formula is C40H46N2O. The van der Waals surface area contributed by atoms with Crippen molar-refractivity contribution in [2.75, 3.05) is 0 Å². The summed E-state index contributed by atoms with van der Waals surface area (Å²) in [4.78, 5) is 3.20. The maximum atomic E-state index is 7.03. The number of ether oxygens (including phenoxy) is 1. The van der Waals surface area contributed by atoms with Gasteiger partial charge in [-0.15, -0.1) is 0 Å². The molecule has 4 aromatic rings. The number of hydrogen-bond acceptors (Lipinski definition) is 2. The number of rotatable bonds is 2. The van der Waals surface area contributed by atoms with Gasteiger partial charge < -0.3 is 9.30 Å². The number of fused-ring (bicyclic) bond motifs is 8. The van der Waals surface area contributed by atoms with Crippen LogP contribution >= 0.6 is 0 Å². The first-order valence-electron chi connectivity index (χ1n) is 17.8. The minimum atomic E-state index is 0.509. The minimum absolute atomic E-state index is 0.509. The van der Waals surface area contributed by atoms with Crippen LogP contribution in [-0.4, -0.2) is 39.8 Å². The first-order valence-corrected chi connectivity index (χ1v) is 17.8. The quantitative estimate of drug-likeness (QED) is 0.239. The second kappa shape index (κ2) is 9.94. The number of benzene rings is 3. The fourth-order valence-corrected chi connectivity index (χ4v) is 12.0. The van der Waals surface area contributed by atoms with Gasteiger partial charge in [0.1, 0.15) is 0 Å². The maximum Gasteiger partial charge on any atom is 0.0738 e. The van der Waals surface area contributed by atoms with Crippen LogP contribution in [0.4, 0.5) is 0 Å². The highest BCUT2D eigenvalue weighted by Gasteiger charge is 2.61. The monoisotopic (exact) mass is 570 g/mol. The number of para-hydroxylation sites is 2. The molecule has 10 unspecified atom stereocenters. The van der Waals surface area contributed by atoms with E-state index in [-0.39, 0.29) is 0 Å². The zero-order valence-electron chi connectivity index (χ0n) is 25.5. The van der Waals surface area contributed by atoms with Gasteiger partial charge in [-0.05, 0) is 117 Å². The molecule has 4 aliphatic carbocycles. The van der Waals surface area contributed by atoms with Crippen LogP contribution in [0.15, 0.2) is 72.8 Å².